The van der Waals surface area contributed by atoms with Crippen molar-refractivity contribution in [1.82, 2.24) is 16.1 Å². The van der Waals surface area contributed by atoms with E-state index >= 15 is 0 Å². The van der Waals surface area contributed by atoms with Crippen LogP contribution in [0.1, 0.15) is 26.2 Å². The van der Waals surface area contributed by atoms with Gasteiger partial charge in [0.1, 0.15) is 0 Å². The fraction of sp³-hybridized carbons (Fsp3) is 0.778. The zero-order valence-electron chi connectivity index (χ0n) is 9.05. The van der Waals surface area contributed by atoms with E-state index in [1.807, 2.05) is 6.92 Å². The lowest BCUT2D eigenvalue weighted by Gasteiger charge is -2.07. The summed E-state index contributed by atoms with van der Waals surface area (Å²) in [6, 6.07) is 0.504. The molecule has 0 radical (unpaired) electrons. The molecule has 0 aliphatic heterocycles. The van der Waals surface area contributed by atoms with Crippen LogP contribution < -0.4 is 21.9 Å². The van der Waals surface area contributed by atoms with Gasteiger partial charge in [-0.05, 0) is 19.8 Å². The van der Waals surface area contributed by atoms with Gasteiger partial charge in [-0.3, -0.25) is 15.2 Å². The van der Waals surface area contributed by atoms with Gasteiger partial charge in [-0.25, -0.2) is 5.84 Å². The van der Waals surface area contributed by atoms with Gasteiger partial charge in [-0.2, -0.15) is 0 Å². The molecule has 0 unspecified atom stereocenters. The van der Waals surface area contributed by atoms with Crippen molar-refractivity contribution in [3.05, 3.63) is 0 Å². The molecule has 0 aromatic heterocycles. The van der Waals surface area contributed by atoms with E-state index < -0.39 is 0 Å². The molecule has 0 saturated heterocycles. The Kier molecular flexibility index (Phi) is 4.89. The highest BCUT2D eigenvalue weighted by atomic mass is 16.1. The Morgan fingerprint density at radius 2 is 2.27 bits per heavy atom. The topological polar surface area (TPSA) is 91.5 Å². The molecule has 0 heterocycles. The van der Waals surface area contributed by atoms with Gasteiger partial charge in [0.05, 0.1) is 6.54 Å². The number of hydrogen-bond donors (Lipinski definition) is 4. The number of aliphatic imine (C=N–C) groups is 1. The zero-order chi connectivity index (χ0) is 11.1. The minimum atomic E-state index is 0.0176. The predicted octanol–water partition coefficient (Wildman–Crippen LogP) is -0.916. The minimum absolute atomic E-state index is 0.0176. The van der Waals surface area contributed by atoms with Crippen LogP contribution in [0.3, 0.4) is 0 Å². The average molecular weight is 213 g/mol. The van der Waals surface area contributed by atoms with Crippen LogP contribution in [-0.4, -0.2) is 31.0 Å². The predicted molar refractivity (Wildman–Crippen MR) is 59.1 cm³/mol. The van der Waals surface area contributed by atoms with Crippen molar-refractivity contribution in [2.45, 2.75) is 32.2 Å². The van der Waals surface area contributed by atoms with Gasteiger partial charge in [-0.15, -0.1) is 0 Å². The molecule has 0 atom stereocenters. The van der Waals surface area contributed by atoms with Gasteiger partial charge in [0.25, 0.3) is 0 Å². The Morgan fingerprint density at radius 3 is 2.80 bits per heavy atom. The van der Waals surface area contributed by atoms with Crippen LogP contribution in [0.5, 0.6) is 0 Å². The second-order valence-electron chi connectivity index (χ2n) is 3.50. The lowest BCUT2D eigenvalue weighted by Crippen LogP contribution is -2.42. The van der Waals surface area contributed by atoms with E-state index in [9.17, 15) is 4.79 Å². The Labute approximate surface area is 89.7 Å². The molecule has 1 fully saturated rings. The van der Waals surface area contributed by atoms with Crippen LogP contribution in [-0.2, 0) is 4.79 Å². The first-order valence-corrected chi connectivity index (χ1v) is 5.30. The van der Waals surface area contributed by atoms with E-state index in [2.05, 4.69) is 21.1 Å². The molecule has 1 saturated carbocycles. The largest absolute Gasteiger partial charge is 0.356 e. The fourth-order valence-electron chi connectivity index (χ4n) is 1.11. The fourth-order valence-corrected chi connectivity index (χ4v) is 1.11. The summed E-state index contributed by atoms with van der Waals surface area (Å²) in [7, 11) is 0. The summed E-state index contributed by atoms with van der Waals surface area (Å²) in [6.07, 6.45) is 2.72. The van der Waals surface area contributed by atoms with E-state index in [0.717, 1.165) is 12.8 Å². The van der Waals surface area contributed by atoms with Gasteiger partial charge >= 0.3 is 0 Å². The van der Waals surface area contributed by atoms with E-state index in [1.165, 1.54) is 0 Å². The molecule has 1 aliphatic rings. The zero-order valence-corrected chi connectivity index (χ0v) is 9.05. The molecular formula is C9H19N5O. The van der Waals surface area contributed by atoms with E-state index in [1.54, 1.807) is 0 Å². The number of rotatable bonds is 5. The van der Waals surface area contributed by atoms with Gasteiger partial charge < -0.3 is 10.6 Å². The first-order valence-electron chi connectivity index (χ1n) is 5.30. The van der Waals surface area contributed by atoms with E-state index in [0.29, 0.717) is 31.5 Å². The maximum Gasteiger partial charge on any atom is 0.221 e. The van der Waals surface area contributed by atoms with Crippen LogP contribution in [0.2, 0.25) is 0 Å². The summed E-state index contributed by atoms with van der Waals surface area (Å²) in [6.45, 7) is 3.00. The lowest BCUT2D eigenvalue weighted by molar-refractivity contribution is -0.120. The van der Waals surface area contributed by atoms with Gasteiger partial charge in [-0.1, -0.05) is 0 Å². The van der Waals surface area contributed by atoms with Crippen molar-refractivity contribution >= 4 is 11.9 Å². The van der Waals surface area contributed by atoms with E-state index in [4.69, 9.17) is 5.84 Å². The minimum Gasteiger partial charge on any atom is -0.356 e. The maximum absolute atomic E-state index is 11.1. The number of guanidine groups is 1. The van der Waals surface area contributed by atoms with Crippen molar-refractivity contribution in [2.75, 3.05) is 13.1 Å². The molecule has 86 valence electrons. The van der Waals surface area contributed by atoms with Crippen molar-refractivity contribution in [3.8, 4) is 0 Å². The normalized spacial score (nSPS) is 16.0. The molecule has 0 aromatic carbocycles. The first kappa shape index (κ1) is 11.8. The molecule has 6 heteroatoms. The number of amides is 1. The third-order valence-electron chi connectivity index (χ3n) is 2.04. The summed E-state index contributed by atoms with van der Waals surface area (Å²) < 4.78 is 0. The number of carbonyl (C=O) groups is 1. The summed E-state index contributed by atoms with van der Waals surface area (Å²) in [4.78, 5) is 15.2. The number of nitrogens with zero attached hydrogens (tertiary/aromatic N) is 1. The highest BCUT2D eigenvalue weighted by Gasteiger charge is 2.21. The molecule has 5 N–H and O–H groups in total. The highest BCUT2D eigenvalue weighted by molar-refractivity contribution is 5.80. The summed E-state index contributed by atoms with van der Waals surface area (Å²) >= 11 is 0. The number of nitrogens with two attached hydrogens (primary N) is 1. The Balaban J connectivity index is 2.17. The lowest BCUT2D eigenvalue weighted by atomic mass is 10.4. The number of nitrogens with one attached hydrogen (secondary N) is 3. The summed E-state index contributed by atoms with van der Waals surface area (Å²) in [5.74, 6) is 5.87. The van der Waals surface area contributed by atoms with Gasteiger partial charge in [0.2, 0.25) is 11.9 Å². The number of hydrogen-bond acceptors (Lipinski definition) is 3. The SMILES string of the molecule is CCNC(=O)CCN=C(NN)NC1CC1. The van der Waals surface area contributed by atoms with Crippen LogP contribution in [0.15, 0.2) is 4.99 Å². The standard InChI is InChI=1S/C9H19N5O/c1-2-11-8(15)5-6-12-9(14-10)13-7-3-4-7/h7H,2-6,10H2,1H3,(H,11,15)(H2,12,13,14). The second-order valence-corrected chi connectivity index (χ2v) is 3.50. The highest BCUT2D eigenvalue weighted by Crippen LogP contribution is 2.18. The van der Waals surface area contributed by atoms with Crippen molar-refractivity contribution in [1.29, 1.82) is 0 Å². The smallest absolute Gasteiger partial charge is 0.221 e. The van der Waals surface area contributed by atoms with Crippen LogP contribution >= 0.6 is 0 Å². The van der Waals surface area contributed by atoms with Crippen LogP contribution in [0.25, 0.3) is 0 Å². The maximum atomic E-state index is 11.1. The van der Waals surface area contributed by atoms with Crippen molar-refractivity contribution < 1.29 is 4.79 Å². The van der Waals surface area contributed by atoms with Gasteiger partial charge in [0.15, 0.2) is 0 Å². The molecule has 0 spiro atoms. The molecule has 0 bridgehead atoms. The summed E-state index contributed by atoms with van der Waals surface area (Å²) in [5, 5.41) is 5.84. The monoisotopic (exact) mass is 213 g/mol. The van der Waals surface area contributed by atoms with Crippen LogP contribution in [0, 0.1) is 0 Å². The molecule has 1 rings (SSSR count). The Hall–Kier alpha value is -1.30. The molecule has 0 aromatic rings. The van der Waals surface area contributed by atoms with E-state index in [-0.39, 0.29) is 5.91 Å². The first-order chi connectivity index (χ1) is 7.26. The molecule has 1 aliphatic carbocycles. The summed E-state index contributed by atoms with van der Waals surface area (Å²) in [5.41, 5.74) is 2.49. The number of hydrazine groups is 1. The second kappa shape index (κ2) is 6.23. The Morgan fingerprint density at radius 1 is 1.53 bits per heavy atom. The third kappa shape index (κ3) is 5.21. The Bertz CT molecular complexity index is 237. The molecular weight excluding hydrogens is 194 g/mol. The van der Waals surface area contributed by atoms with Crippen molar-refractivity contribution in [3.63, 3.8) is 0 Å². The quantitative estimate of drug-likeness (QED) is 0.206. The molecule has 15 heavy (non-hydrogen) atoms. The van der Waals surface area contributed by atoms with Crippen LogP contribution in [0.4, 0.5) is 0 Å². The average Bonchev–Trinajstić information content (AvgIpc) is 3.00. The third-order valence-corrected chi connectivity index (χ3v) is 2.04. The molecule has 6 nitrogen and oxygen atoms in total. The van der Waals surface area contributed by atoms with Crippen molar-refractivity contribution in [2.24, 2.45) is 10.8 Å². The van der Waals surface area contributed by atoms with Gasteiger partial charge in [0, 0.05) is 19.0 Å². The number of carbonyl (C=O) groups excluding carboxylic acids is 1. The molecule has 1 amide bonds.